The van der Waals surface area contributed by atoms with Gasteiger partial charge in [-0.2, -0.15) is 0 Å². The van der Waals surface area contributed by atoms with Crippen LogP contribution in [0, 0.1) is 0 Å². The Morgan fingerprint density at radius 2 is 0.887 bits per heavy atom. The van der Waals surface area contributed by atoms with Crippen LogP contribution >= 0.6 is 0 Å². The zero-order valence-electron chi connectivity index (χ0n) is 51.7. The molecule has 0 unspecified atom stereocenters. The van der Waals surface area contributed by atoms with Gasteiger partial charge in [-0.05, 0) is 214 Å². The highest BCUT2D eigenvalue weighted by Crippen LogP contribution is 2.56. The molecule has 2 aliphatic heterocycles. The lowest BCUT2D eigenvalue weighted by atomic mass is 9.35. The smallest absolute Gasteiger partial charge is 0.297 e. The van der Waals surface area contributed by atoms with E-state index in [1.165, 1.54) is 118 Å². The third kappa shape index (κ3) is 8.08. The number of hydrogen-bond acceptors (Lipinski definition) is 3. The van der Waals surface area contributed by atoms with Crippen molar-refractivity contribution in [2.24, 2.45) is 0 Å². The Bertz CT molecular complexity index is 3860. The SMILES string of the molecule is CC(C)(C)c1ccc(N2c3cc(-c4ccc(C(C)(C)C)cc4-c4ccccc4)cc4c3B(c3cc5c(cc3N4c3ccc4c(c3)C(C)(C)CCC4(C)C)C(C)(C)CCC5(C)C)c3oc4cc5c(cc4c32)C(C)(C)CCC5(C)C)cc1. The Morgan fingerprint density at radius 1 is 0.400 bits per heavy atom. The summed E-state index contributed by atoms with van der Waals surface area (Å²) in [5.41, 5.74) is 28.3. The van der Waals surface area contributed by atoms with Crippen LogP contribution in [0.25, 0.3) is 33.2 Å². The summed E-state index contributed by atoms with van der Waals surface area (Å²) in [7, 11) is 0. The molecule has 0 saturated carbocycles. The van der Waals surface area contributed by atoms with E-state index < -0.39 is 0 Å². The molecule has 410 valence electrons. The summed E-state index contributed by atoms with van der Waals surface area (Å²) in [6.45, 7) is 43.5. The fourth-order valence-electron chi connectivity index (χ4n) is 15.2. The highest BCUT2D eigenvalue weighted by molar-refractivity contribution is 7.00. The monoisotopic (exact) mass is 1050 g/mol. The van der Waals surface area contributed by atoms with E-state index in [0.29, 0.717) is 0 Å². The van der Waals surface area contributed by atoms with Crippen molar-refractivity contribution in [1.82, 2.24) is 0 Å². The molecule has 7 aromatic carbocycles. The molecule has 3 heterocycles. The zero-order chi connectivity index (χ0) is 56.8. The number of rotatable bonds is 4. The van der Waals surface area contributed by atoms with Crippen LogP contribution in [-0.4, -0.2) is 6.71 Å². The van der Waals surface area contributed by atoms with E-state index in [1.54, 1.807) is 0 Å². The highest BCUT2D eigenvalue weighted by atomic mass is 16.3. The van der Waals surface area contributed by atoms with Crippen LogP contribution in [0.2, 0.25) is 0 Å². The maximum absolute atomic E-state index is 7.83. The molecule has 0 spiro atoms. The van der Waals surface area contributed by atoms with Gasteiger partial charge in [0.2, 0.25) is 0 Å². The van der Waals surface area contributed by atoms with Crippen molar-refractivity contribution in [3.8, 4) is 22.3 Å². The van der Waals surface area contributed by atoms with Gasteiger partial charge in [-0.15, -0.1) is 0 Å². The molecule has 80 heavy (non-hydrogen) atoms. The first-order valence-electron chi connectivity index (χ1n) is 30.4. The molecule has 3 nitrogen and oxygen atoms in total. The molecule has 8 aromatic rings. The van der Waals surface area contributed by atoms with Gasteiger partial charge in [0, 0.05) is 33.8 Å². The second-order valence-corrected chi connectivity index (χ2v) is 31.4. The van der Waals surface area contributed by atoms with E-state index in [9.17, 15) is 0 Å². The summed E-state index contributed by atoms with van der Waals surface area (Å²) < 4.78 is 7.83. The highest BCUT2D eigenvalue weighted by Gasteiger charge is 2.50. The maximum Gasteiger partial charge on any atom is 0.297 e. The van der Waals surface area contributed by atoms with Gasteiger partial charge in [0.25, 0.3) is 6.71 Å². The van der Waals surface area contributed by atoms with Crippen molar-refractivity contribution in [3.63, 3.8) is 0 Å². The molecule has 5 aliphatic rings. The van der Waals surface area contributed by atoms with Gasteiger partial charge >= 0.3 is 0 Å². The van der Waals surface area contributed by atoms with Gasteiger partial charge in [-0.25, -0.2) is 0 Å². The van der Waals surface area contributed by atoms with Crippen molar-refractivity contribution in [3.05, 3.63) is 172 Å². The molecule has 3 aliphatic carbocycles. The molecule has 0 radical (unpaired) electrons. The van der Waals surface area contributed by atoms with Crippen molar-refractivity contribution in [2.45, 2.75) is 206 Å². The van der Waals surface area contributed by atoms with E-state index in [2.05, 4.69) is 262 Å². The Labute approximate surface area is 480 Å². The summed E-state index contributed by atoms with van der Waals surface area (Å²) in [5, 5.41) is 1.20. The van der Waals surface area contributed by atoms with Gasteiger partial charge in [0.1, 0.15) is 5.58 Å². The summed E-state index contributed by atoms with van der Waals surface area (Å²) in [4.78, 5) is 5.35. The van der Waals surface area contributed by atoms with Crippen molar-refractivity contribution in [1.29, 1.82) is 0 Å². The molecule has 0 atom stereocenters. The number of fused-ring (bicyclic) bond motifs is 9. The minimum absolute atomic E-state index is 0.00537. The number of benzene rings is 7. The number of furan rings is 1. The topological polar surface area (TPSA) is 19.6 Å². The summed E-state index contributed by atoms with van der Waals surface area (Å²) in [6.07, 6.45) is 6.90. The van der Waals surface area contributed by atoms with Crippen LogP contribution in [-0.2, 0) is 43.3 Å². The van der Waals surface area contributed by atoms with Crippen molar-refractivity contribution < 1.29 is 4.42 Å². The first-order chi connectivity index (χ1) is 37.4. The molecular formula is C76H87BN2O. The molecule has 0 amide bonds. The predicted octanol–water partition coefficient (Wildman–Crippen LogP) is 19.5. The summed E-state index contributed by atoms with van der Waals surface area (Å²) in [6, 6.07) is 51.1. The first kappa shape index (κ1) is 53.1. The van der Waals surface area contributed by atoms with Gasteiger partial charge in [0.15, 0.2) is 0 Å². The van der Waals surface area contributed by atoms with E-state index >= 15 is 0 Å². The lowest BCUT2D eigenvalue weighted by Crippen LogP contribution is -2.61. The lowest BCUT2D eigenvalue weighted by Gasteiger charge is -2.47. The Morgan fingerprint density at radius 3 is 1.46 bits per heavy atom. The van der Waals surface area contributed by atoms with E-state index in [4.69, 9.17) is 4.42 Å². The predicted molar refractivity (Wildman–Crippen MR) is 344 cm³/mol. The Kier molecular flexibility index (Phi) is 11.4. The Hall–Kier alpha value is -6.26. The molecular weight excluding hydrogens is 968 g/mol. The van der Waals surface area contributed by atoms with Crippen molar-refractivity contribution in [2.75, 3.05) is 9.80 Å². The molecule has 13 rings (SSSR count). The van der Waals surface area contributed by atoms with Crippen LogP contribution in [0.5, 0.6) is 0 Å². The summed E-state index contributed by atoms with van der Waals surface area (Å²) >= 11 is 0. The largest absolute Gasteiger partial charge is 0.468 e. The quantitative estimate of drug-likeness (QED) is 0.164. The maximum atomic E-state index is 7.83. The lowest BCUT2D eigenvalue weighted by molar-refractivity contribution is 0.332. The van der Waals surface area contributed by atoms with Crippen LogP contribution in [0.3, 0.4) is 0 Å². The molecule has 0 fully saturated rings. The second kappa shape index (κ2) is 17.2. The minimum Gasteiger partial charge on any atom is -0.468 e. The van der Waals surface area contributed by atoms with E-state index in [-0.39, 0.29) is 50.0 Å². The zero-order valence-corrected chi connectivity index (χ0v) is 51.7. The van der Waals surface area contributed by atoms with Crippen molar-refractivity contribution >= 4 is 68.4 Å². The standard InChI is InChI=1S/C76H87BN2O/c1-69(2,3)48-24-27-50(28-25-48)79-64-39-47(52-30-26-49(70(4,5)6)40-53(52)46-22-20-19-21-23-46)38-63-66(64)77(68-67(79)54-42-57-60(45-65(54)80-68)76(17,18)37-34-73(57,11)12)61-43-58-59(75(15,16)36-35-74(58,13)14)44-62(61)78(63)51-29-31-55-56(41-51)72(9,10)33-32-71(55,7)8/h19-31,38-45H,32-37H2,1-18H3. The molecule has 0 N–H and O–H groups in total. The van der Waals surface area contributed by atoms with Crippen LogP contribution in [0.4, 0.5) is 34.1 Å². The number of anilines is 6. The second-order valence-electron chi connectivity index (χ2n) is 31.4. The third-order valence-electron chi connectivity index (χ3n) is 21.0. The normalized spacial score (nSPS) is 19.6. The number of nitrogens with zero attached hydrogens (tertiary/aromatic N) is 2. The van der Waals surface area contributed by atoms with E-state index in [0.717, 1.165) is 49.0 Å². The first-order valence-corrected chi connectivity index (χ1v) is 30.4. The molecule has 4 heteroatoms. The van der Waals surface area contributed by atoms with Crippen LogP contribution in [0.1, 0.15) is 208 Å². The molecule has 0 bridgehead atoms. The molecule has 1 aromatic heterocycles. The fraction of sp³-hybridized carbons (Fsp3) is 0.421. The fourth-order valence-corrected chi connectivity index (χ4v) is 15.2. The van der Waals surface area contributed by atoms with Gasteiger partial charge in [-0.3, -0.25) is 0 Å². The minimum atomic E-state index is -0.179. The van der Waals surface area contributed by atoms with Crippen LogP contribution in [0.15, 0.2) is 132 Å². The average molecular weight is 1060 g/mol. The van der Waals surface area contributed by atoms with Crippen LogP contribution < -0.4 is 26.4 Å². The summed E-state index contributed by atoms with van der Waals surface area (Å²) in [5.74, 6) is 0. The Balaban J connectivity index is 1.21. The third-order valence-corrected chi connectivity index (χ3v) is 21.0. The van der Waals surface area contributed by atoms with E-state index in [1.807, 2.05) is 0 Å². The van der Waals surface area contributed by atoms with Gasteiger partial charge < -0.3 is 14.2 Å². The van der Waals surface area contributed by atoms with Gasteiger partial charge in [-0.1, -0.05) is 197 Å². The molecule has 0 saturated heterocycles. The van der Waals surface area contributed by atoms with Gasteiger partial charge in [0.05, 0.1) is 11.3 Å². The average Bonchev–Trinajstić information content (AvgIpc) is 3.14. The number of hydrogen-bond donors (Lipinski definition) is 0.